The molecule has 0 spiro atoms. The number of aryl methyl sites for hydroxylation is 1. The molecule has 1 fully saturated rings. The summed E-state index contributed by atoms with van der Waals surface area (Å²) in [6.45, 7) is 5.02. The molecule has 0 unspecified atom stereocenters. The van der Waals surface area contributed by atoms with Crippen LogP contribution >= 0.6 is 0 Å². The third kappa shape index (κ3) is 3.30. The lowest BCUT2D eigenvalue weighted by molar-refractivity contribution is 0.0485. The molecule has 2 aliphatic heterocycles. The molecule has 0 amide bonds. The Morgan fingerprint density at radius 2 is 2.12 bits per heavy atom. The van der Waals surface area contributed by atoms with Crippen molar-refractivity contribution in [2.45, 2.75) is 38.8 Å². The second-order valence-electron chi connectivity index (χ2n) is 6.53. The van der Waals surface area contributed by atoms with Crippen LogP contribution in [0.25, 0.3) is 0 Å². The highest BCUT2D eigenvalue weighted by Gasteiger charge is 2.29. The maximum atomic E-state index is 5.58. The number of ether oxygens (including phenoxy) is 2. The van der Waals surface area contributed by atoms with Gasteiger partial charge in [0.25, 0.3) is 0 Å². The topological polar surface area (TPSA) is 69.4 Å². The third-order valence-electron chi connectivity index (χ3n) is 4.83. The molecule has 1 N–H and O–H groups in total. The van der Waals surface area contributed by atoms with E-state index < -0.39 is 0 Å². The van der Waals surface area contributed by atoms with Gasteiger partial charge in [0.1, 0.15) is 5.75 Å². The van der Waals surface area contributed by atoms with Gasteiger partial charge in [0.05, 0.1) is 12.6 Å². The fourth-order valence-electron chi connectivity index (χ4n) is 3.52. The molecule has 0 saturated carbocycles. The lowest BCUT2D eigenvalue weighted by atomic mass is 9.91. The van der Waals surface area contributed by atoms with Crippen molar-refractivity contribution in [1.29, 1.82) is 0 Å². The molecule has 1 aromatic carbocycles. The molecule has 2 aromatic rings. The molecule has 1 atom stereocenters. The molecule has 128 valence electrons. The molecular formula is C18H23N3O3. The Morgan fingerprint density at radius 1 is 1.25 bits per heavy atom. The summed E-state index contributed by atoms with van der Waals surface area (Å²) in [6, 6.07) is 6.49. The van der Waals surface area contributed by atoms with Gasteiger partial charge in [-0.2, -0.15) is 4.98 Å². The monoisotopic (exact) mass is 329 g/mol. The van der Waals surface area contributed by atoms with Crippen LogP contribution < -0.4 is 10.1 Å². The molecular weight excluding hydrogens is 306 g/mol. The van der Waals surface area contributed by atoms with E-state index in [0.717, 1.165) is 51.4 Å². The quantitative estimate of drug-likeness (QED) is 0.909. The first-order valence-electron chi connectivity index (χ1n) is 8.65. The Balaban J connectivity index is 1.49. The van der Waals surface area contributed by atoms with E-state index in [0.29, 0.717) is 17.6 Å². The number of benzene rings is 1. The average molecular weight is 329 g/mol. The Kier molecular flexibility index (Phi) is 4.49. The predicted molar refractivity (Wildman–Crippen MR) is 87.8 cm³/mol. The van der Waals surface area contributed by atoms with Gasteiger partial charge in [0, 0.05) is 26.2 Å². The summed E-state index contributed by atoms with van der Waals surface area (Å²) in [5, 5.41) is 7.59. The lowest BCUT2D eigenvalue weighted by Crippen LogP contribution is -2.32. The molecule has 2 aliphatic rings. The van der Waals surface area contributed by atoms with Crippen LogP contribution in [0.3, 0.4) is 0 Å². The van der Waals surface area contributed by atoms with Gasteiger partial charge in [-0.05, 0) is 42.9 Å². The van der Waals surface area contributed by atoms with Crippen LogP contribution in [-0.2, 0) is 17.7 Å². The van der Waals surface area contributed by atoms with Crippen molar-refractivity contribution in [3.63, 3.8) is 0 Å². The van der Waals surface area contributed by atoms with Gasteiger partial charge in [0.2, 0.25) is 5.89 Å². The van der Waals surface area contributed by atoms with Crippen molar-refractivity contribution in [2.75, 3.05) is 19.8 Å². The highest BCUT2D eigenvalue weighted by molar-refractivity contribution is 5.39. The SMILES string of the molecule is Cc1noc([C@H](NCc2ccc3c(c2)CCO3)C2CCOCC2)n1. The Bertz CT molecular complexity index is 695. The number of aromatic nitrogens is 2. The minimum atomic E-state index is 0.0691. The maximum Gasteiger partial charge on any atom is 0.244 e. The largest absolute Gasteiger partial charge is 0.493 e. The highest BCUT2D eigenvalue weighted by Crippen LogP contribution is 2.30. The summed E-state index contributed by atoms with van der Waals surface area (Å²) in [5.74, 6) is 2.84. The van der Waals surface area contributed by atoms with Crippen LogP contribution in [0.2, 0.25) is 0 Å². The average Bonchev–Trinajstić information content (AvgIpc) is 3.24. The molecule has 3 heterocycles. The lowest BCUT2D eigenvalue weighted by Gasteiger charge is -2.28. The summed E-state index contributed by atoms with van der Waals surface area (Å²) >= 11 is 0. The van der Waals surface area contributed by atoms with Gasteiger partial charge in [-0.15, -0.1) is 0 Å². The van der Waals surface area contributed by atoms with E-state index in [1.165, 1.54) is 11.1 Å². The number of fused-ring (bicyclic) bond motifs is 1. The van der Waals surface area contributed by atoms with Gasteiger partial charge in [0.15, 0.2) is 5.82 Å². The van der Waals surface area contributed by atoms with Gasteiger partial charge in [-0.1, -0.05) is 17.3 Å². The Labute approximate surface area is 141 Å². The summed E-state index contributed by atoms with van der Waals surface area (Å²) in [5.41, 5.74) is 2.55. The van der Waals surface area contributed by atoms with Crippen molar-refractivity contribution >= 4 is 0 Å². The predicted octanol–water partition coefficient (Wildman–Crippen LogP) is 2.57. The van der Waals surface area contributed by atoms with Crippen molar-refractivity contribution < 1.29 is 14.0 Å². The van der Waals surface area contributed by atoms with Crippen molar-refractivity contribution in [3.8, 4) is 5.75 Å². The second kappa shape index (κ2) is 6.91. The molecule has 6 heteroatoms. The van der Waals surface area contributed by atoms with Gasteiger partial charge < -0.3 is 19.3 Å². The van der Waals surface area contributed by atoms with Gasteiger partial charge >= 0.3 is 0 Å². The number of hydrogen-bond acceptors (Lipinski definition) is 6. The van der Waals surface area contributed by atoms with Crippen molar-refractivity contribution in [3.05, 3.63) is 41.0 Å². The molecule has 6 nitrogen and oxygen atoms in total. The van der Waals surface area contributed by atoms with E-state index >= 15 is 0 Å². The maximum absolute atomic E-state index is 5.58. The zero-order valence-corrected chi connectivity index (χ0v) is 14.0. The van der Waals surface area contributed by atoms with Gasteiger partial charge in [-0.25, -0.2) is 0 Å². The molecule has 1 aromatic heterocycles. The number of rotatable bonds is 5. The second-order valence-corrected chi connectivity index (χ2v) is 6.53. The standard InChI is InChI=1S/C18H23N3O3/c1-12-20-18(24-21-12)17(14-4-7-22-8-5-14)19-11-13-2-3-16-15(10-13)6-9-23-16/h2-3,10,14,17,19H,4-9,11H2,1H3/t17-/m1/s1. The first-order valence-corrected chi connectivity index (χ1v) is 8.65. The molecule has 1 saturated heterocycles. The molecule has 24 heavy (non-hydrogen) atoms. The fourth-order valence-corrected chi connectivity index (χ4v) is 3.52. The van der Waals surface area contributed by atoms with E-state index in [-0.39, 0.29) is 6.04 Å². The van der Waals surface area contributed by atoms with Crippen LogP contribution in [0, 0.1) is 12.8 Å². The van der Waals surface area contributed by atoms with Crippen LogP contribution in [-0.4, -0.2) is 30.0 Å². The summed E-state index contributed by atoms with van der Waals surface area (Å²) in [6.07, 6.45) is 3.02. The van der Waals surface area contributed by atoms with E-state index in [2.05, 4.69) is 33.7 Å². The van der Waals surface area contributed by atoms with Crippen molar-refractivity contribution in [1.82, 2.24) is 15.5 Å². The number of hydrogen-bond donors (Lipinski definition) is 1. The number of nitrogens with one attached hydrogen (secondary N) is 1. The highest BCUT2D eigenvalue weighted by atomic mass is 16.5. The fraction of sp³-hybridized carbons (Fsp3) is 0.556. The third-order valence-corrected chi connectivity index (χ3v) is 4.83. The minimum absolute atomic E-state index is 0.0691. The van der Waals surface area contributed by atoms with Gasteiger partial charge in [-0.3, -0.25) is 0 Å². The van der Waals surface area contributed by atoms with Crippen LogP contribution in [0.15, 0.2) is 22.7 Å². The molecule has 0 bridgehead atoms. The van der Waals surface area contributed by atoms with Crippen LogP contribution in [0.4, 0.5) is 0 Å². The zero-order valence-electron chi connectivity index (χ0n) is 14.0. The van der Waals surface area contributed by atoms with E-state index in [9.17, 15) is 0 Å². The summed E-state index contributed by atoms with van der Waals surface area (Å²) in [4.78, 5) is 4.46. The molecule has 0 aliphatic carbocycles. The zero-order chi connectivity index (χ0) is 16.4. The van der Waals surface area contributed by atoms with Crippen LogP contribution in [0.5, 0.6) is 5.75 Å². The van der Waals surface area contributed by atoms with E-state index in [1.807, 2.05) is 6.92 Å². The van der Waals surface area contributed by atoms with Crippen molar-refractivity contribution in [2.24, 2.45) is 5.92 Å². The van der Waals surface area contributed by atoms with E-state index in [4.69, 9.17) is 14.0 Å². The summed E-state index contributed by atoms with van der Waals surface area (Å²) < 4.78 is 16.5. The normalized spacial score (nSPS) is 19.0. The van der Waals surface area contributed by atoms with E-state index in [1.54, 1.807) is 0 Å². The minimum Gasteiger partial charge on any atom is -0.493 e. The number of nitrogens with zero attached hydrogens (tertiary/aromatic N) is 2. The first-order chi connectivity index (χ1) is 11.8. The molecule has 4 rings (SSSR count). The first kappa shape index (κ1) is 15.6. The smallest absolute Gasteiger partial charge is 0.244 e. The molecule has 0 radical (unpaired) electrons. The summed E-state index contributed by atoms with van der Waals surface area (Å²) in [7, 11) is 0. The Hall–Kier alpha value is -1.92. The van der Waals surface area contributed by atoms with Crippen LogP contribution in [0.1, 0.15) is 41.7 Å². The Morgan fingerprint density at radius 3 is 2.92 bits per heavy atom.